The number of halogens is 4. The second-order valence-corrected chi connectivity index (χ2v) is 6.60. The van der Waals surface area contributed by atoms with Crippen LogP contribution in [0, 0.1) is 5.82 Å². The van der Waals surface area contributed by atoms with Gasteiger partial charge in [0.2, 0.25) is 5.82 Å². The summed E-state index contributed by atoms with van der Waals surface area (Å²) in [5.41, 5.74) is 1.23. The van der Waals surface area contributed by atoms with E-state index in [1.807, 2.05) is 0 Å². The van der Waals surface area contributed by atoms with Crippen LogP contribution in [-0.4, -0.2) is 20.2 Å². The quantitative estimate of drug-likeness (QED) is 0.436. The number of rotatable bonds is 5. The van der Waals surface area contributed by atoms with Crippen molar-refractivity contribution >= 4 is 5.82 Å². The molecule has 4 rings (SSSR count). The Kier molecular flexibility index (Phi) is 5.57. The Morgan fingerprint density at radius 3 is 2.23 bits per heavy atom. The maximum Gasteiger partial charge on any atom is 0.416 e. The molecule has 5 nitrogen and oxygen atoms in total. The van der Waals surface area contributed by atoms with E-state index >= 15 is 0 Å². The van der Waals surface area contributed by atoms with E-state index in [1.165, 1.54) is 24.3 Å². The third-order valence-corrected chi connectivity index (χ3v) is 4.44. The van der Waals surface area contributed by atoms with Crippen LogP contribution in [0.1, 0.15) is 11.1 Å². The minimum atomic E-state index is -4.44. The summed E-state index contributed by atoms with van der Waals surface area (Å²) in [4.78, 5) is 8.68. The lowest BCUT2D eigenvalue weighted by Gasteiger charge is -2.12. The van der Waals surface area contributed by atoms with E-state index in [1.54, 1.807) is 36.5 Å². The van der Waals surface area contributed by atoms with Gasteiger partial charge in [0, 0.05) is 18.3 Å². The number of aromatic nitrogens is 4. The molecule has 156 valence electrons. The van der Waals surface area contributed by atoms with E-state index in [4.69, 9.17) is 0 Å². The van der Waals surface area contributed by atoms with Crippen molar-refractivity contribution in [3.05, 3.63) is 89.9 Å². The zero-order chi connectivity index (χ0) is 21.8. The van der Waals surface area contributed by atoms with Crippen LogP contribution in [0.15, 0.2) is 72.9 Å². The van der Waals surface area contributed by atoms with Crippen molar-refractivity contribution in [2.75, 3.05) is 5.32 Å². The Morgan fingerprint density at radius 1 is 0.839 bits per heavy atom. The number of nitrogens with one attached hydrogen (secondary N) is 1. The summed E-state index contributed by atoms with van der Waals surface area (Å²) in [5, 5.41) is 11.4. The van der Waals surface area contributed by atoms with Gasteiger partial charge in [-0.05, 0) is 42.0 Å². The highest BCUT2D eigenvalue weighted by molar-refractivity contribution is 5.72. The smallest absolute Gasteiger partial charge is 0.364 e. The van der Waals surface area contributed by atoms with Crippen LogP contribution in [0.25, 0.3) is 22.8 Å². The third-order valence-electron chi connectivity index (χ3n) is 4.44. The normalized spacial score (nSPS) is 11.4. The molecule has 0 saturated carbocycles. The molecular formula is C22H15F4N5. The number of pyridine rings is 1. The zero-order valence-corrected chi connectivity index (χ0v) is 15.9. The molecule has 4 aromatic rings. The monoisotopic (exact) mass is 425 g/mol. The molecule has 0 unspecified atom stereocenters. The predicted molar refractivity (Wildman–Crippen MR) is 107 cm³/mol. The average molecular weight is 425 g/mol. The molecule has 0 saturated heterocycles. The van der Waals surface area contributed by atoms with E-state index in [9.17, 15) is 17.6 Å². The lowest BCUT2D eigenvalue weighted by Crippen LogP contribution is -2.08. The Bertz CT molecular complexity index is 1160. The van der Waals surface area contributed by atoms with E-state index in [-0.39, 0.29) is 17.3 Å². The highest BCUT2D eigenvalue weighted by Gasteiger charge is 2.30. The lowest BCUT2D eigenvalue weighted by molar-refractivity contribution is -0.137. The summed E-state index contributed by atoms with van der Waals surface area (Å²) >= 11 is 0. The number of hydrogen-bond acceptors (Lipinski definition) is 5. The van der Waals surface area contributed by atoms with Crippen LogP contribution < -0.4 is 5.32 Å². The molecule has 0 aliphatic heterocycles. The Balaban J connectivity index is 1.70. The van der Waals surface area contributed by atoms with Crippen molar-refractivity contribution < 1.29 is 17.6 Å². The maximum atomic E-state index is 13.2. The first-order valence-electron chi connectivity index (χ1n) is 9.22. The average Bonchev–Trinajstić information content (AvgIpc) is 2.79. The van der Waals surface area contributed by atoms with E-state index < -0.39 is 11.7 Å². The van der Waals surface area contributed by atoms with Crippen molar-refractivity contribution in [2.24, 2.45) is 0 Å². The van der Waals surface area contributed by atoms with Crippen molar-refractivity contribution in [1.29, 1.82) is 0 Å². The molecule has 9 heteroatoms. The van der Waals surface area contributed by atoms with Gasteiger partial charge in [-0.15, -0.1) is 10.2 Å². The topological polar surface area (TPSA) is 63.6 Å². The fourth-order valence-corrected chi connectivity index (χ4v) is 2.85. The van der Waals surface area contributed by atoms with Crippen LogP contribution >= 0.6 is 0 Å². The van der Waals surface area contributed by atoms with Gasteiger partial charge in [0.1, 0.15) is 17.2 Å². The summed E-state index contributed by atoms with van der Waals surface area (Å²) < 4.78 is 51.8. The lowest BCUT2D eigenvalue weighted by atomic mass is 10.1. The minimum absolute atomic E-state index is 0.262. The Hall–Kier alpha value is -3.88. The molecule has 1 N–H and O–H groups in total. The van der Waals surface area contributed by atoms with E-state index in [0.717, 1.165) is 17.7 Å². The molecule has 0 bridgehead atoms. The molecule has 0 aliphatic rings. The summed E-state index contributed by atoms with van der Waals surface area (Å²) in [6.07, 6.45) is -2.84. The van der Waals surface area contributed by atoms with Crippen molar-refractivity contribution in [3.63, 3.8) is 0 Å². The minimum Gasteiger partial charge on any atom is -0.364 e. The van der Waals surface area contributed by atoms with Crippen molar-refractivity contribution in [1.82, 2.24) is 20.2 Å². The van der Waals surface area contributed by atoms with Gasteiger partial charge in [-0.3, -0.25) is 4.98 Å². The molecule has 0 aliphatic carbocycles. The first-order valence-corrected chi connectivity index (χ1v) is 9.22. The second kappa shape index (κ2) is 8.47. The van der Waals surface area contributed by atoms with Crippen LogP contribution in [0.3, 0.4) is 0 Å². The molecule has 2 aromatic carbocycles. The number of anilines is 1. The molecule has 2 aromatic heterocycles. The van der Waals surface area contributed by atoms with Crippen LogP contribution in [0.2, 0.25) is 0 Å². The van der Waals surface area contributed by atoms with Gasteiger partial charge in [-0.2, -0.15) is 13.2 Å². The summed E-state index contributed by atoms with van der Waals surface area (Å²) in [7, 11) is 0. The number of hydrogen-bond donors (Lipinski definition) is 1. The summed E-state index contributed by atoms with van der Waals surface area (Å²) in [5.74, 6) is 0.230. The summed E-state index contributed by atoms with van der Waals surface area (Å²) in [6, 6.07) is 15.8. The van der Waals surface area contributed by atoms with Gasteiger partial charge in [0.05, 0.1) is 5.56 Å². The molecule has 0 radical (unpaired) electrons. The fourth-order valence-electron chi connectivity index (χ4n) is 2.85. The molecule has 0 fully saturated rings. The van der Waals surface area contributed by atoms with Crippen LogP contribution in [0.5, 0.6) is 0 Å². The standard InChI is InChI=1S/C22H15F4N5/c23-17-10-4-14(5-11-17)13-28-21-19(15-6-8-16(9-7-15)22(24,25)26)30-31-20(29-21)18-3-1-2-12-27-18/h1-12H,13H2,(H,28,29,31). The van der Waals surface area contributed by atoms with Crippen molar-refractivity contribution in [3.8, 4) is 22.8 Å². The third kappa shape index (κ3) is 4.82. The van der Waals surface area contributed by atoms with Crippen molar-refractivity contribution in [2.45, 2.75) is 12.7 Å². The summed E-state index contributed by atoms with van der Waals surface area (Å²) in [6.45, 7) is 0.300. The molecule has 2 heterocycles. The van der Waals surface area contributed by atoms with Gasteiger partial charge in [-0.25, -0.2) is 9.37 Å². The van der Waals surface area contributed by atoms with Crippen LogP contribution in [0.4, 0.5) is 23.4 Å². The van der Waals surface area contributed by atoms with E-state index in [0.29, 0.717) is 23.6 Å². The molecule has 0 atom stereocenters. The molecular weight excluding hydrogens is 410 g/mol. The first kappa shape index (κ1) is 20.4. The Morgan fingerprint density at radius 2 is 1.58 bits per heavy atom. The zero-order valence-electron chi connectivity index (χ0n) is 15.9. The predicted octanol–water partition coefficient (Wildman–Crippen LogP) is 5.37. The Labute approximate surface area is 174 Å². The van der Waals surface area contributed by atoms with Gasteiger partial charge in [0.15, 0.2) is 5.82 Å². The van der Waals surface area contributed by atoms with Gasteiger partial charge in [-0.1, -0.05) is 30.3 Å². The SMILES string of the molecule is Fc1ccc(CNc2nc(-c3ccccn3)nnc2-c2ccc(C(F)(F)F)cc2)cc1. The highest BCUT2D eigenvalue weighted by Crippen LogP contribution is 2.32. The largest absolute Gasteiger partial charge is 0.416 e. The van der Waals surface area contributed by atoms with E-state index in [2.05, 4.69) is 25.5 Å². The maximum absolute atomic E-state index is 13.2. The molecule has 31 heavy (non-hydrogen) atoms. The fraction of sp³-hybridized carbons (Fsp3) is 0.0909. The van der Waals surface area contributed by atoms with Gasteiger partial charge < -0.3 is 5.32 Å². The number of nitrogens with zero attached hydrogens (tertiary/aromatic N) is 4. The number of benzene rings is 2. The van der Waals surface area contributed by atoms with Gasteiger partial charge in [0.25, 0.3) is 0 Å². The number of alkyl halides is 3. The second-order valence-electron chi connectivity index (χ2n) is 6.60. The highest BCUT2D eigenvalue weighted by atomic mass is 19.4. The van der Waals surface area contributed by atoms with Crippen LogP contribution in [-0.2, 0) is 12.7 Å². The first-order chi connectivity index (χ1) is 14.9. The molecule has 0 spiro atoms. The molecule has 0 amide bonds. The van der Waals surface area contributed by atoms with Gasteiger partial charge >= 0.3 is 6.18 Å².